The van der Waals surface area contributed by atoms with Crippen molar-refractivity contribution in [1.82, 2.24) is 8.87 Å². The number of aromatic hydroxyl groups is 1. The number of benzene rings is 2. The van der Waals surface area contributed by atoms with Gasteiger partial charge in [0.25, 0.3) is 0 Å². The van der Waals surface area contributed by atoms with E-state index in [2.05, 4.69) is 4.90 Å². The minimum atomic E-state index is -3.51. The molecule has 7 heteroatoms. The third-order valence-electron chi connectivity index (χ3n) is 4.95. The van der Waals surface area contributed by atoms with Crippen LogP contribution in [0.2, 0.25) is 0 Å². The van der Waals surface area contributed by atoms with Gasteiger partial charge >= 0.3 is 0 Å². The summed E-state index contributed by atoms with van der Waals surface area (Å²) in [7, 11) is -1.60. The van der Waals surface area contributed by atoms with Crippen molar-refractivity contribution in [2.24, 2.45) is 7.05 Å². The Bertz CT molecular complexity index is 1030. The minimum Gasteiger partial charge on any atom is -0.508 e. The maximum Gasteiger partial charge on any atom is 0.243 e. The van der Waals surface area contributed by atoms with E-state index in [-0.39, 0.29) is 5.75 Å². The topological polar surface area (TPSA) is 65.8 Å². The summed E-state index contributed by atoms with van der Waals surface area (Å²) in [5.74, 6) is 0.228. The molecular weight excluding hydrogens is 350 g/mol. The number of anilines is 1. The van der Waals surface area contributed by atoms with Gasteiger partial charge in [0, 0.05) is 50.6 Å². The van der Waals surface area contributed by atoms with Gasteiger partial charge in [0.2, 0.25) is 10.0 Å². The summed E-state index contributed by atoms with van der Waals surface area (Å²) in [6, 6.07) is 14.3. The van der Waals surface area contributed by atoms with Crippen molar-refractivity contribution in [2.45, 2.75) is 4.90 Å². The lowest BCUT2D eigenvalue weighted by atomic mass is 10.2. The number of hydrogen-bond donors (Lipinski definition) is 1. The summed E-state index contributed by atoms with van der Waals surface area (Å²) in [6.07, 6.45) is 1.93. The van der Waals surface area contributed by atoms with Crippen molar-refractivity contribution in [3.8, 4) is 5.75 Å². The molecule has 26 heavy (non-hydrogen) atoms. The van der Waals surface area contributed by atoms with E-state index in [4.69, 9.17) is 0 Å². The molecule has 1 N–H and O–H groups in total. The number of hydrogen-bond acceptors (Lipinski definition) is 4. The highest BCUT2D eigenvalue weighted by molar-refractivity contribution is 7.89. The molecule has 4 rings (SSSR count). The van der Waals surface area contributed by atoms with Gasteiger partial charge in [-0.3, -0.25) is 0 Å². The molecule has 0 bridgehead atoms. The quantitative estimate of drug-likeness (QED) is 0.768. The Morgan fingerprint density at radius 3 is 2.31 bits per heavy atom. The maximum absolute atomic E-state index is 13.0. The van der Waals surface area contributed by atoms with Crippen LogP contribution >= 0.6 is 0 Å². The Morgan fingerprint density at radius 2 is 1.62 bits per heavy atom. The van der Waals surface area contributed by atoms with Crippen molar-refractivity contribution in [3.63, 3.8) is 0 Å². The van der Waals surface area contributed by atoms with E-state index in [9.17, 15) is 13.5 Å². The second-order valence-corrected chi connectivity index (χ2v) is 8.49. The third kappa shape index (κ3) is 2.93. The number of sulfonamides is 1. The molecule has 0 amide bonds. The Morgan fingerprint density at radius 1 is 0.923 bits per heavy atom. The average molecular weight is 371 g/mol. The largest absolute Gasteiger partial charge is 0.508 e. The van der Waals surface area contributed by atoms with Crippen LogP contribution in [0.5, 0.6) is 5.75 Å². The van der Waals surface area contributed by atoms with Gasteiger partial charge in [-0.1, -0.05) is 6.07 Å². The molecule has 0 saturated carbocycles. The molecular formula is C19H21N3O3S. The first-order valence-corrected chi connectivity index (χ1v) is 9.98. The fourth-order valence-electron chi connectivity index (χ4n) is 3.40. The highest BCUT2D eigenvalue weighted by Gasteiger charge is 2.28. The third-order valence-corrected chi connectivity index (χ3v) is 6.85. The molecule has 0 unspecified atom stereocenters. The van der Waals surface area contributed by atoms with E-state index in [0.29, 0.717) is 31.1 Å². The highest BCUT2D eigenvalue weighted by Crippen LogP contribution is 2.25. The SMILES string of the molecule is Cn1ccc2ccc(S(=O)(=O)N3CCN(c4ccc(O)cc4)CC3)cc21. The molecule has 3 aromatic rings. The summed E-state index contributed by atoms with van der Waals surface area (Å²) < 4.78 is 29.5. The minimum absolute atomic E-state index is 0.228. The fourth-order valence-corrected chi connectivity index (χ4v) is 4.84. The zero-order valence-electron chi connectivity index (χ0n) is 14.5. The Hall–Kier alpha value is -2.51. The van der Waals surface area contributed by atoms with Gasteiger partial charge in [-0.25, -0.2) is 8.42 Å². The van der Waals surface area contributed by atoms with Gasteiger partial charge in [0.15, 0.2) is 0 Å². The molecule has 0 aliphatic carbocycles. The molecule has 136 valence electrons. The van der Waals surface area contributed by atoms with E-state index in [1.165, 1.54) is 0 Å². The zero-order chi connectivity index (χ0) is 18.3. The van der Waals surface area contributed by atoms with Crippen molar-refractivity contribution < 1.29 is 13.5 Å². The van der Waals surface area contributed by atoms with Crippen LogP contribution in [0.25, 0.3) is 10.9 Å². The van der Waals surface area contributed by atoms with Gasteiger partial charge in [-0.15, -0.1) is 0 Å². The van der Waals surface area contributed by atoms with Crippen LogP contribution in [0.3, 0.4) is 0 Å². The Balaban J connectivity index is 1.53. The molecule has 1 aliphatic rings. The first-order chi connectivity index (χ1) is 12.4. The Labute approximate surface area is 152 Å². The number of nitrogens with zero attached hydrogens (tertiary/aromatic N) is 3. The van der Waals surface area contributed by atoms with E-state index in [1.54, 1.807) is 28.6 Å². The molecule has 1 fully saturated rings. The molecule has 1 saturated heterocycles. The number of fused-ring (bicyclic) bond motifs is 1. The van der Waals surface area contributed by atoms with Crippen LogP contribution in [0, 0.1) is 0 Å². The summed E-state index contributed by atoms with van der Waals surface area (Å²) in [4.78, 5) is 2.47. The maximum atomic E-state index is 13.0. The molecule has 2 aromatic carbocycles. The summed E-state index contributed by atoms with van der Waals surface area (Å²) >= 11 is 0. The second-order valence-electron chi connectivity index (χ2n) is 6.55. The molecule has 0 spiro atoms. The van der Waals surface area contributed by atoms with E-state index in [0.717, 1.165) is 16.6 Å². The molecule has 1 aromatic heterocycles. The highest BCUT2D eigenvalue weighted by atomic mass is 32.2. The average Bonchev–Trinajstić information content (AvgIpc) is 3.03. The summed E-state index contributed by atoms with van der Waals surface area (Å²) in [6.45, 7) is 2.12. The number of phenolic OH excluding ortho intramolecular Hbond substituents is 1. The first kappa shape index (κ1) is 16.9. The molecule has 6 nitrogen and oxygen atoms in total. The van der Waals surface area contributed by atoms with Crippen LogP contribution in [-0.2, 0) is 17.1 Å². The molecule has 0 radical (unpaired) electrons. The zero-order valence-corrected chi connectivity index (χ0v) is 15.4. The monoisotopic (exact) mass is 371 g/mol. The predicted octanol–water partition coefficient (Wildman–Crippen LogP) is 2.39. The van der Waals surface area contributed by atoms with Gasteiger partial charge in [0.1, 0.15) is 5.75 Å². The Kier molecular flexibility index (Phi) is 4.13. The molecule has 1 aliphatic heterocycles. The van der Waals surface area contributed by atoms with E-state index < -0.39 is 10.0 Å². The molecule has 0 atom stereocenters. The summed E-state index contributed by atoms with van der Waals surface area (Å²) in [5.41, 5.74) is 1.90. The summed E-state index contributed by atoms with van der Waals surface area (Å²) in [5, 5.41) is 10.4. The number of aromatic nitrogens is 1. The normalized spacial score (nSPS) is 16.3. The lowest BCUT2D eigenvalue weighted by molar-refractivity contribution is 0.385. The van der Waals surface area contributed by atoms with Crippen molar-refractivity contribution in [2.75, 3.05) is 31.1 Å². The predicted molar refractivity (Wildman–Crippen MR) is 102 cm³/mol. The lowest BCUT2D eigenvalue weighted by Crippen LogP contribution is -2.48. The number of aryl methyl sites for hydroxylation is 1. The smallest absolute Gasteiger partial charge is 0.243 e. The van der Waals surface area contributed by atoms with Crippen LogP contribution in [-0.4, -0.2) is 48.6 Å². The standard InChI is InChI=1S/C19H21N3O3S/c1-20-9-8-15-2-7-18(14-19(15)20)26(24,25)22-12-10-21(11-13-22)16-3-5-17(23)6-4-16/h2-9,14,23H,10-13H2,1H3. The van der Waals surface area contributed by atoms with Crippen LogP contribution in [0.1, 0.15) is 0 Å². The van der Waals surface area contributed by atoms with Crippen LogP contribution in [0.15, 0.2) is 59.6 Å². The fraction of sp³-hybridized carbons (Fsp3) is 0.263. The van der Waals surface area contributed by atoms with Crippen LogP contribution in [0.4, 0.5) is 5.69 Å². The number of phenols is 1. The molecule has 2 heterocycles. The van der Waals surface area contributed by atoms with E-state index >= 15 is 0 Å². The lowest BCUT2D eigenvalue weighted by Gasteiger charge is -2.35. The van der Waals surface area contributed by atoms with Gasteiger partial charge in [-0.05, 0) is 47.9 Å². The van der Waals surface area contributed by atoms with Gasteiger partial charge in [0.05, 0.1) is 4.90 Å². The van der Waals surface area contributed by atoms with Crippen molar-refractivity contribution in [3.05, 3.63) is 54.7 Å². The number of rotatable bonds is 3. The van der Waals surface area contributed by atoms with Gasteiger partial charge < -0.3 is 14.6 Å². The van der Waals surface area contributed by atoms with Gasteiger partial charge in [-0.2, -0.15) is 4.31 Å². The van der Waals surface area contributed by atoms with Crippen LogP contribution < -0.4 is 4.90 Å². The van der Waals surface area contributed by atoms with Crippen molar-refractivity contribution in [1.29, 1.82) is 0 Å². The van der Waals surface area contributed by atoms with Crippen molar-refractivity contribution >= 4 is 26.6 Å². The second kappa shape index (κ2) is 6.34. The first-order valence-electron chi connectivity index (χ1n) is 8.54. The van der Waals surface area contributed by atoms with E-state index in [1.807, 2.05) is 42.1 Å². The number of piperazine rings is 1.